The second-order valence-corrected chi connectivity index (χ2v) is 5.29. The molecule has 1 fully saturated rings. The smallest absolute Gasteiger partial charge is 0.186 e. The third kappa shape index (κ3) is 3.40. The molecule has 1 heterocycles. The SMILES string of the molecule is CO[C@H]1O[C@H](C)[C@@H](OCc2ccc(Cl)cc2Cl)[C@H]1O. The van der Waals surface area contributed by atoms with Gasteiger partial charge in [-0.3, -0.25) is 0 Å². The summed E-state index contributed by atoms with van der Waals surface area (Å²) in [5, 5.41) is 11.1. The molecule has 1 N–H and O–H groups in total. The predicted molar refractivity (Wildman–Crippen MR) is 72.4 cm³/mol. The van der Waals surface area contributed by atoms with Crippen LogP contribution >= 0.6 is 23.2 Å². The van der Waals surface area contributed by atoms with Crippen LogP contribution in [0.3, 0.4) is 0 Å². The highest BCUT2D eigenvalue weighted by atomic mass is 35.5. The summed E-state index contributed by atoms with van der Waals surface area (Å²) in [6.07, 6.45) is -2.16. The van der Waals surface area contributed by atoms with E-state index in [1.807, 2.05) is 6.92 Å². The molecule has 1 saturated heterocycles. The maximum Gasteiger partial charge on any atom is 0.186 e. The van der Waals surface area contributed by atoms with Gasteiger partial charge in [-0.1, -0.05) is 29.3 Å². The fraction of sp³-hybridized carbons (Fsp3) is 0.538. The average Bonchev–Trinajstić information content (AvgIpc) is 2.64. The Labute approximate surface area is 122 Å². The Kier molecular flexibility index (Phi) is 5.06. The molecule has 6 heteroatoms. The van der Waals surface area contributed by atoms with E-state index in [1.54, 1.807) is 18.2 Å². The molecule has 19 heavy (non-hydrogen) atoms. The van der Waals surface area contributed by atoms with Crippen LogP contribution < -0.4 is 0 Å². The zero-order valence-electron chi connectivity index (χ0n) is 10.7. The number of rotatable bonds is 4. The van der Waals surface area contributed by atoms with Gasteiger partial charge in [0, 0.05) is 17.2 Å². The minimum Gasteiger partial charge on any atom is -0.385 e. The monoisotopic (exact) mass is 306 g/mol. The molecular weight excluding hydrogens is 291 g/mol. The van der Waals surface area contributed by atoms with Gasteiger partial charge in [0.05, 0.1) is 12.7 Å². The molecule has 2 rings (SSSR count). The minimum absolute atomic E-state index is 0.244. The van der Waals surface area contributed by atoms with Crippen molar-refractivity contribution < 1.29 is 19.3 Å². The lowest BCUT2D eigenvalue weighted by Gasteiger charge is -2.18. The highest BCUT2D eigenvalue weighted by Crippen LogP contribution is 2.27. The van der Waals surface area contributed by atoms with Crippen LogP contribution in [0.5, 0.6) is 0 Å². The van der Waals surface area contributed by atoms with Gasteiger partial charge in [0.25, 0.3) is 0 Å². The summed E-state index contributed by atoms with van der Waals surface area (Å²) in [5.74, 6) is 0. The van der Waals surface area contributed by atoms with Gasteiger partial charge < -0.3 is 19.3 Å². The second-order valence-electron chi connectivity index (χ2n) is 4.45. The van der Waals surface area contributed by atoms with Gasteiger partial charge in [0.1, 0.15) is 12.2 Å². The van der Waals surface area contributed by atoms with Crippen molar-refractivity contribution in [2.24, 2.45) is 0 Å². The Bertz CT molecular complexity index is 441. The van der Waals surface area contributed by atoms with Crippen LogP contribution in [0.1, 0.15) is 12.5 Å². The molecule has 0 aromatic heterocycles. The summed E-state index contributed by atoms with van der Waals surface area (Å²) in [5.41, 5.74) is 0.811. The molecule has 4 atom stereocenters. The van der Waals surface area contributed by atoms with Crippen LogP contribution in [-0.4, -0.2) is 36.8 Å². The molecule has 106 valence electrons. The van der Waals surface area contributed by atoms with Gasteiger partial charge >= 0.3 is 0 Å². The summed E-state index contributed by atoms with van der Waals surface area (Å²) in [6.45, 7) is 2.11. The maximum atomic E-state index is 9.98. The molecule has 0 aliphatic carbocycles. The second kappa shape index (κ2) is 6.39. The third-order valence-electron chi connectivity index (χ3n) is 3.11. The molecule has 4 nitrogen and oxygen atoms in total. The summed E-state index contributed by atoms with van der Waals surface area (Å²) >= 11 is 11.9. The molecule has 0 saturated carbocycles. The van der Waals surface area contributed by atoms with E-state index in [0.29, 0.717) is 10.0 Å². The minimum atomic E-state index is -0.814. The first kappa shape index (κ1) is 15.0. The molecule has 0 amide bonds. The molecule has 1 aliphatic heterocycles. The number of aliphatic hydroxyl groups excluding tert-OH is 1. The zero-order valence-corrected chi connectivity index (χ0v) is 12.2. The Morgan fingerprint density at radius 2 is 2.11 bits per heavy atom. The standard InChI is InChI=1S/C13H16Cl2O4/c1-7-12(11(16)13(17-2)19-7)18-6-8-3-4-9(14)5-10(8)15/h3-5,7,11-13,16H,6H2,1-2H3/t7-,11-,12-,13+/m1/s1. The Morgan fingerprint density at radius 1 is 1.37 bits per heavy atom. The first-order valence-electron chi connectivity index (χ1n) is 5.94. The van der Waals surface area contributed by atoms with Gasteiger partial charge in [-0.05, 0) is 24.6 Å². The lowest BCUT2D eigenvalue weighted by molar-refractivity contribution is -0.146. The lowest BCUT2D eigenvalue weighted by atomic mass is 10.1. The molecule has 1 aromatic rings. The largest absolute Gasteiger partial charge is 0.385 e. The van der Waals surface area contributed by atoms with Crippen molar-refractivity contribution in [3.63, 3.8) is 0 Å². The van der Waals surface area contributed by atoms with E-state index >= 15 is 0 Å². The molecule has 0 radical (unpaired) electrons. The number of hydrogen-bond donors (Lipinski definition) is 1. The van der Waals surface area contributed by atoms with Gasteiger partial charge in [0.15, 0.2) is 6.29 Å². The average molecular weight is 307 g/mol. The topological polar surface area (TPSA) is 47.9 Å². The fourth-order valence-corrected chi connectivity index (χ4v) is 2.52. The van der Waals surface area contributed by atoms with Crippen LogP contribution in [0, 0.1) is 0 Å². The number of ether oxygens (including phenoxy) is 3. The van der Waals surface area contributed by atoms with E-state index in [-0.39, 0.29) is 12.7 Å². The molecular formula is C13H16Cl2O4. The highest BCUT2D eigenvalue weighted by molar-refractivity contribution is 6.35. The van der Waals surface area contributed by atoms with Crippen LogP contribution in [0.15, 0.2) is 18.2 Å². The quantitative estimate of drug-likeness (QED) is 0.929. The van der Waals surface area contributed by atoms with Gasteiger partial charge in [-0.2, -0.15) is 0 Å². The normalized spacial score (nSPS) is 30.8. The zero-order chi connectivity index (χ0) is 14.0. The molecule has 0 unspecified atom stereocenters. The number of hydrogen-bond acceptors (Lipinski definition) is 4. The number of methoxy groups -OCH3 is 1. The van der Waals surface area contributed by atoms with Crippen molar-refractivity contribution in [3.05, 3.63) is 33.8 Å². The summed E-state index contributed by atoms with van der Waals surface area (Å²) in [4.78, 5) is 0. The Hall–Kier alpha value is -0.360. The van der Waals surface area contributed by atoms with Crippen LogP contribution in [0.25, 0.3) is 0 Å². The van der Waals surface area contributed by atoms with Gasteiger partial charge in [-0.25, -0.2) is 0 Å². The van der Waals surface area contributed by atoms with Crippen LogP contribution in [0.2, 0.25) is 10.0 Å². The van der Waals surface area contributed by atoms with Crippen LogP contribution in [0.4, 0.5) is 0 Å². The van der Waals surface area contributed by atoms with Crippen molar-refractivity contribution in [2.45, 2.75) is 38.1 Å². The predicted octanol–water partition coefficient (Wildman–Crippen LogP) is 2.63. The van der Waals surface area contributed by atoms with E-state index < -0.39 is 18.5 Å². The van der Waals surface area contributed by atoms with Crippen molar-refractivity contribution in [3.8, 4) is 0 Å². The molecule has 1 aromatic carbocycles. The molecule has 1 aliphatic rings. The summed E-state index contributed by atoms with van der Waals surface area (Å²) in [7, 11) is 1.49. The highest BCUT2D eigenvalue weighted by Gasteiger charge is 2.42. The Morgan fingerprint density at radius 3 is 2.68 bits per heavy atom. The van der Waals surface area contributed by atoms with Gasteiger partial charge in [0.2, 0.25) is 0 Å². The van der Waals surface area contributed by atoms with E-state index in [9.17, 15) is 5.11 Å². The first-order chi connectivity index (χ1) is 9.02. The Balaban J connectivity index is 1.98. The summed E-state index contributed by atoms with van der Waals surface area (Å²) < 4.78 is 16.1. The van der Waals surface area contributed by atoms with Gasteiger partial charge in [-0.15, -0.1) is 0 Å². The molecule has 0 spiro atoms. The fourth-order valence-electron chi connectivity index (χ4n) is 2.06. The van der Waals surface area contributed by atoms with Crippen molar-refractivity contribution >= 4 is 23.2 Å². The third-order valence-corrected chi connectivity index (χ3v) is 3.69. The lowest BCUT2D eigenvalue weighted by Crippen LogP contribution is -2.34. The number of benzene rings is 1. The van der Waals surface area contributed by atoms with Crippen molar-refractivity contribution in [1.29, 1.82) is 0 Å². The molecule has 0 bridgehead atoms. The number of aliphatic hydroxyl groups is 1. The van der Waals surface area contributed by atoms with E-state index in [2.05, 4.69) is 0 Å². The van der Waals surface area contributed by atoms with Crippen molar-refractivity contribution in [1.82, 2.24) is 0 Å². The number of halogens is 2. The van der Waals surface area contributed by atoms with Crippen molar-refractivity contribution in [2.75, 3.05) is 7.11 Å². The summed E-state index contributed by atoms with van der Waals surface area (Å²) in [6, 6.07) is 5.20. The van der Waals surface area contributed by atoms with E-state index in [1.165, 1.54) is 7.11 Å². The van der Waals surface area contributed by atoms with E-state index in [0.717, 1.165) is 5.56 Å². The first-order valence-corrected chi connectivity index (χ1v) is 6.70. The van der Waals surface area contributed by atoms with E-state index in [4.69, 9.17) is 37.4 Å². The maximum absolute atomic E-state index is 9.98. The van der Waals surface area contributed by atoms with Crippen LogP contribution in [-0.2, 0) is 20.8 Å².